The molecule has 4 rings (SSSR count). The topological polar surface area (TPSA) is 38.8 Å². The minimum absolute atomic E-state index is 0.0907. The molecule has 2 aliphatic rings. The van der Waals surface area contributed by atoms with Crippen LogP contribution >= 0.6 is 0 Å². The summed E-state index contributed by atoms with van der Waals surface area (Å²) >= 11 is 0. The number of ether oxygens (including phenoxy) is 2. The summed E-state index contributed by atoms with van der Waals surface area (Å²) < 4.78 is 24.5. The van der Waals surface area contributed by atoms with E-state index in [0.29, 0.717) is 24.3 Å². The van der Waals surface area contributed by atoms with Gasteiger partial charge in [0, 0.05) is 43.6 Å². The van der Waals surface area contributed by atoms with Gasteiger partial charge in [-0.3, -0.25) is 9.69 Å². The largest absolute Gasteiger partial charge is 0.347 e. The first-order valence-electron chi connectivity index (χ1n) is 9.03. The first-order chi connectivity index (χ1) is 12.6. The molecule has 4 nitrogen and oxygen atoms in total. The molecule has 0 unspecified atom stereocenters. The molecule has 0 saturated carbocycles. The number of nitrogens with zero attached hydrogens (tertiary/aromatic N) is 1. The van der Waals surface area contributed by atoms with Crippen LogP contribution in [0.1, 0.15) is 34.3 Å². The number of piperidine rings is 1. The van der Waals surface area contributed by atoms with Crippen LogP contribution in [0.5, 0.6) is 0 Å². The molecule has 136 valence electrons. The fraction of sp³-hybridized carbons (Fsp3) is 0.381. The van der Waals surface area contributed by atoms with Crippen LogP contribution in [-0.2, 0) is 16.0 Å². The number of benzene rings is 2. The van der Waals surface area contributed by atoms with Crippen molar-refractivity contribution < 1.29 is 18.7 Å². The van der Waals surface area contributed by atoms with Crippen LogP contribution in [0.2, 0.25) is 0 Å². The zero-order valence-corrected chi connectivity index (χ0v) is 14.6. The SMILES string of the molecule is O=C(c1ccc(F)cc1)c1ccc(CN2CCC3(CC2)OCCO3)cc1. The van der Waals surface area contributed by atoms with Crippen LogP contribution in [0, 0.1) is 5.82 Å². The molecule has 26 heavy (non-hydrogen) atoms. The normalized spacial score (nSPS) is 19.7. The molecule has 0 atom stereocenters. The maximum Gasteiger partial charge on any atom is 0.193 e. The summed E-state index contributed by atoms with van der Waals surface area (Å²) in [7, 11) is 0. The van der Waals surface area contributed by atoms with Crippen molar-refractivity contribution in [2.75, 3.05) is 26.3 Å². The van der Waals surface area contributed by atoms with Crippen LogP contribution in [0.3, 0.4) is 0 Å². The van der Waals surface area contributed by atoms with E-state index in [-0.39, 0.29) is 17.4 Å². The Morgan fingerprint density at radius 3 is 2.04 bits per heavy atom. The van der Waals surface area contributed by atoms with E-state index in [2.05, 4.69) is 4.90 Å². The Hall–Kier alpha value is -2.08. The molecule has 2 heterocycles. The van der Waals surface area contributed by atoms with E-state index in [4.69, 9.17) is 9.47 Å². The van der Waals surface area contributed by atoms with Crippen molar-refractivity contribution in [3.05, 3.63) is 71.0 Å². The number of carbonyl (C=O) groups excluding carboxylic acids is 1. The minimum atomic E-state index is -0.345. The third-order valence-corrected chi connectivity index (χ3v) is 5.16. The van der Waals surface area contributed by atoms with Crippen LogP contribution in [0.25, 0.3) is 0 Å². The van der Waals surface area contributed by atoms with Crippen molar-refractivity contribution >= 4 is 5.78 Å². The summed E-state index contributed by atoms with van der Waals surface area (Å²) in [5.41, 5.74) is 2.28. The first-order valence-corrected chi connectivity index (χ1v) is 9.03. The summed E-state index contributed by atoms with van der Waals surface area (Å²) in [5.74, 6) is -0.775. The van der Waals surface area contributed by atoms with E-state index < -0.39 is 0 Å². The fourth-order valence-electron chi connectivity index (χ4n) is 3.63. The van der Waals surface area contributed by atoms with Gasteiger partial charge in [-0.15, -0.1) is 0 Å². The highest BCUT2D eigenvalue weighted by atomic mass is 19.1. The van der Waals surface area contributed by atoms with E-state index in [0.717, 1.165) is 32.5 Å². The van der Waals surface area contributed by atoms with Gasteiger partial charge in [-0.1, -0.05) is 24.3 Å². The average molecular weight is 355 g/mol. The first kappa shape index (κ1) is 17.3. The summed E-state index contributed by atoms with van der Waals surface area (Å²) in [6.45, 7) is 4.13. The van der Waals surface area contributed by atoms with Gasteiger partial charge >= 0.3 is 0 Å². The smallest absolute Gasteiger partial charge is 0.193 e. The molecule has 2 aromatic carbocycles. The predicted molar refractivity (Wildman–Crippen MR) is 95.4 cm³/mol. The number of hydrogen-bond donors (Lipinski definition) is 0. The van der Waals surface area contributed by atoms with Gasteiger partial charge in [-0.2, -0.15) is 0 Å². The van der Waals surface area contributed by atoms with E-state index in [9.17, 15) is 9.18 Å². The number of ketones is 1. The van der Waals surface area contributed by atoms with Gasteiger partial charge in [-0.05, 0) is 29.8 Å². The average Bonchev–Trinajstić information content (AvgIpc) is 3.13. The number of hydrogen-bond acceptors (Lipinski definition) is 4. The molecule has 1 spiro atoms. The van der Waals surface area contributed by atoms with Crippen molar-refractivity contribution in [1.82, 2.24) is 4.90 Å². The highest BCUT2D eigenvalue weighted by molar-refractivity contribution is 6.08. The lowest BCUT2D eigenvalue weighted by molar-refractivity contribution is -0.185. The minimum Gasteiger partial charge on any atom is -0.347 e. The predicted octanol–water partition coefficient (Wildman–Crippen LogP) is 3.40. The molecular weight excluding hydrogens is 333 g/mol. The second-order valence-corrected chi connectivity index (χ2v) is 6.92. The molecule has 0 aromatic heterocycles. The highest BCUT2D eigenvalue weighted by Gasteiger charge is 2.39. The summed E-state index contributed by atoms with van der Waals surface area (Å²) in [6, 6.07) is 13.3. The quantitative estimate of drug-likeness (QED) is 0.788. The van der Waals surface area contributed by atoms with E-state index in [1.807, 2.05) is 24.3 Å². The third kappa shape index (κ3) is 3.70. The molecule has 2 saturated heterocycles. The van der Waals surface area contributed by atoms with Gasteiger partial charge in [0.25, 0.3) is 0 Å². The summed E-state index contributed by atoms with van der Waals surface area (Å²) in [5, 5.41) is 0. The maximum absolute atomic E-state index is 13.0. The second kappa shape index (κ2) is 7.27. The van der Waals surface area contributed by atoms with E-state index in [1.54, 1.807) is 0 Å². The van der Waals surface area contributed by atoms with Crippen molar-refractivity contribution in [2.45, 2.75) is 25.2 Å². The molecular formula is C21H22FNO3. The molecule has 0 radical (unpaired) electrons. The molecule has 2 aromatic rings. The fourth-order valence-corrected chi connectivity index (χ4v) is 3.63. The third-order valence-electron chi connectivity index (χ3n) is 5.16. The molecule has 0 amide bonds. The Labute approximate surface area is 152 Å². The van der Waals surface area contributed by atoms with Crippen molar-refractivity contribution in [3.63, 3.8) is 0 Å². The lowest BCUT2D eigenvalue weighted by atomic mass is 10.0. The second-order valence-electron chi connectivity index (χ2n) is 6.92. The standard InChI is InChI=1S/C21H22FNO3/c22-19-7-5-18(6-8-19)20(24)17-3-1-16(2-4-17)15-23-11-9-21(10-12-23)25-13-14-26-21/h1-8H,9-15H2. The molecule has 0 N–H and O–H groups in total. The Kier molecular flexibility index (Phi) is 4.85. The number of rotatable bonds is 4. The Morgan fingerprint density at radius 1 is 0.923 bits per heavy atom. The van der Waals surface area contributed by atoms with Crippen molar-refractivity contribution in [3.8, 4) is 0 Å². The van der Waals surface area contributed by atoms with Gasteiger partial charge < -0.3 is 9.47 Å². The van der Waals surface area contributed by atoms with E-state index in [1.165, 1.54) is 29.8 Å². The van der Waals surface area contributed by atoms with Crippen LogP contribution in [-0.4, -0.2) is 42.8 Å². The Morgan fingerprint density at radius 2 is 1.46 bits per heavy atom. The monoisotopic (exact) mass is 355 g/mol. The Balaban J connectivity index is 1.36. The number of halogens is 1. The highest BCUT2D eigenvalue weighted by Crippen LogP contribution is 2.31. The summed E-state index contributed by atoms with van der Waals surface area (Å²) in [6.07, 6.45) is 1.79. The molecule has 2 aliphatic heterocycles. The Bertz CT molecular complexity index is 757. The lowest BCUT2D eigenvalue weighted by Crippen LogP contribution is -2.44. The van der Waals surface area contributed by atoms with E-state index >= 15 is 0 Å². The van der Waals surface area contributed by atoms with Gasteiger partial charge in [0.15, 0.2) is 11.6 Å². The van der Waals surface area contributed by atoms with Gasteiger partial charge in [-0.25, -0.2) is 4.39 Å². The van der Waals surface area contributed by atoms with Gasteiger partial charge in [0.2, 0.25) is 0 Å². The van der Waals surface area contributed by atoms with Crippen molar-refractivity contribution in [1.29, 1.82) is 0 Å². The maximum atomic E-state index is 13.0. The number of likely N-dealkylation sites (tertiary alicyclic amines) is 1. The lowest BCUT2D eigenvalue weighted by Gasteiger charge is -2.37. The van der Waals surface area contributed by atoms with Crippen LogP contribution < -0.4 is 0 Å². The molecule has 0 aliphatic carbocycles. The zero-order valence-electron chi connectivity index (χ0n) is 14.6. The zero-order chi connectivity index (χ0) is 18.0. The number of carbonyl (C=O) groups is 1. The molecule has 2 fully saturated rings. The van der Waals surface area contributed by atoms with Crippen LogP contribution in [0.15, 0.2) is 48.5 Å². The van der Waals surface area contributed by atoms with Crippen molar-refractivity contribution in [2.24, 2.45) is 0 Å². The molecule has 5 heteroatoms. The summed E-state index contributed by atoms with van der Waals surface area (Å²) in [4.78, 5) is 14.8. The van der Waals surface area contributed by atoms with Crippen LogP contribution in [0.4, 0.5) is 4.39 Å². The van der Waals surface area contributed by atoms with Gasteiger partial charge in [0.05, 0.1) is 13.2 Å². The van der Waals surface area contributed by atoms with Gasteiger partial charge in [0.1, 0.15) is 5.82 Å². The molecule has 0 bridgehead atoms.